The van der Waals surface area contributed by atoms with E-state index in [1.54, 1.807) is 32.2 Å². The molecule has 2 atom stereocenters. The molecule has 0 bridgehead atoms. The van der Waals surface area contributed by atoms with Crippen LogP contribution < -0.4 is 4.74 Å². The van der Waals surface area contributed by atoms with Gasteiger partial charge in [-0.3, -0.25) is 9.78 Å². The van der Waals surface area contributed by atoms with Crippen molar-refractivity contribution < 1.29 is 64.3 Å². The maximum absolute atomic E-state index is 13.5. The monoisotopic (exact) mass is 979 g/mol. The Balaban J connectivity index is 0.000000238. The SMILES string of the molecule is CCCc1cc2c(C(F)(F)F)noc2c(CCC)c1O.CCCc1cc2c(C(F)(F)F)noc2c(CCC)c1OC(C(=O)OCC)c1cccnc1.CCOC(=O)C(Br)c1ccccc1. The number of carbonyl (C=O) groups excluding carboxylic acids is 2. The second-order valence-electron chi connectivity index (χ2n) is 14.6. The molecule has 0 saturated carbocycles. The molecule has 6 aromatic rings. The zero-order valence-corrected chi connectivity index (χ0v) is 38.5. The lowest BCUT2D eigenvalue weighted by Crippen LogP contribution is -2.22. The molecule has 11 nitrogen and oxygen atoms in total. The number of ether oxygens (including phenoxy) is 3. The first kappa shape index (κ1) is 52.0. The maximum Gasteiger partial charge on any atom is 0.437 e. The summed E-state index contributed by atoms with van der Waals surface area (Å²) in [4.78, 5) is 27.7. The Morgan fingerprint density at radius 1 is 0.677 bits per heavy atom. The van der Waals surface area contributed by atoms with Crippen LogP contribution in [0.3, 0.4) is 0 Å². The van der Waals surface area contributed by atoms with Gasteiger partial charge in [-0.25, -0.2) is 4.79 Å². The van der Waals surface area contributed by atoms with Crippen LogP contribution in [0.1, 0.15) is 123 Å². The molecular formula is C47H52BrF6N3O8. The van der Waals surface area contributed by atoms with Gasteiger partial charge in [-0.05, 0) is 74.4 Å². The summed E-state index contributed by atoms with van der Waals surface area (Å²) >= 11 is 3.28. The van der Waals surface area contributed by atoms with Crippen molar-refractivity contribution >= 4 is 49.8 Å². The number of fused-ring (bicyclic) bond motifs is 2. The van der Waals surface area contributed by atoms with E-state index in [0.717, 1.165) is 12.0 Å². The summed E-state index contributed by atoms with van der Waals surface area (Å²) in [6, 6.07) is 15.6. The third-order valence-corrected chi connectivity index (χ3v) is 10.6. The van der Waals surface area contributed by atoms with E-state index in [4.69, 9.17) is 23.3 Å². The zero-order valence-electron chi connectivity index (χ0n) is 36.9. The van der Waals surface area contributed by atoms with Gasteiger partial charge in [0.15, 0.2) is 22.6 Å². The van der Waals surface area contributed by atoms with Crippen molar-refractivity contribution in [1.29, 1.82) is 0 Å². The average Bonchev–Trinajstić information content (AvgIpc) is 3.91. The van der Waals surface area contributed by atoms with E-state index in [0.29, 0.717) is 85.1 Å². The second-order valence-corrected chi connectivity index (χ2v) is 15.5. The summed E-state index contributed by atoms with van der Waals surface area (Å²) in [6.45, 7) is 11.6. The minimum absolute atomic E-state index is 0.0165. The van der Waals surface area contributed by atoms with E-state index in [1.807, 2.05) is 58.0 Å². The lowest BCUT2D eigenvalue weighted by atomic mass is 9.97. The molecular weight excluding hydrogens is 928 g/mol. The third kappa shape index (κ3) is 13.2. The fourth-order valence-electron chi connectivity index (χ4n) is 6.90. The minimum Gasteiger partial charge on any atom is -0.507 e. The van der Waals surface area contributed by atoms with Gasteiger partial charge in [-0.1, -0.05) is 116 Å². The maximum atomic E-state index is 13.5. The van der Waals surface area contributed by atoms with E-state index >= 15 is 0 Å². The average molecular weight is 981 g/mol. The standard InChI is InChI=1S/C23H25F3N2O4.C14H16F3NO2.C10H11BrO2/c1-4-8-14-12-17-20(32-28-21(17)23(24,25)26)16(9-5-2)18(14)31-19(22(29)30-6-3)15-10-7-11-27-13-15;1-3-5-8-7-10-12(9(6-4-2)11(8)19)20-18-13(10)14(15,16)17;1-2-13-10(12)9(11)8-6-4-3-5-7-8/h7,10-13,19H,4-6,8-9H2,1-3H3;7,19H,3-6H2,1-2H3;3-7,9H,2H2,1H3. The lowest BCUT2D eigenvalue weighted by molar-refractivity contribution is -0.152. The van der Waals surface area contributed by atoms with Crippen molar-refractivity contribution in [3.8, 4) is 11.5 Å². The molecule has 2 unspecified atom stereocenters. The first-order valence-corrected chi connectivity index (χ1v) is 22.2. The Hall–Kier alpha value is -5.65. The van der Waals surface area contributed by atoms with Crippen LogP contribution in [0, 0.1) is 0 Å². The topological polar surface area (TPSA) is 147 Å². The van der Waals surface area contributed by atoms with E-state index in [9.17, 15) is 41.0 Å². The fraction of sp³-hybridized carbons (Fsp3) is 0.426. The van der Waals surface area contributed by atoms with Crippen LogP contribution in [0.5, 0.6) is 11.5 Å². The predicted molar refractivity (Wildman–Crippen MR) is 235 cm³/mol. The Labute approximate surface area is 380 Å². The number of rotatable bonds is 16. The highest BCUT2D eigenvalue weighted by molar-refractivity contribution is 9.09. The zero-order chi connectivity index (χ0) is 47.9. The molecule has 0 saturated heterocycles. The molecule has 0 spiro atoms. The van der Waals surface area contributed by atoms with Crippen LogP contribution in [0.25, 0.3) is 21.9 Å². The van der Waals surface area contributed by atoms with Crippen LogP contribution in [0.4, 0.5) is 26.3 Å². The number of aryl methyl sites for hydroxylation is 4. The number of alkyl halides is 7. The van der Waals surface area contributed by atoms with Gasteiger partial charge < -0.3 is 28.4 Å². The molecule has 3 heterocycles. The van der Waals surface area contributed by atoms with Crippen LogP contribution >= 0.6 is 15.9 Å². The fourth-order valence-corrected chi connectivity index (χ4v) is 7.34. The quantitative estimate of drug-likeness (QED) is 0.0561. The van der Waals surface area contributed by atoms with Crippen LogP contribution in [0.2, 0.25) is 0 Å². The third-order valence-electron chi connectivity index (χ3n) is 9.68. The first-order valence-electron chi connectivity index (χ1n) is 21.3. The van der Waals surface area contributed by atoms with Crippen LogP contribution in [-0.2, 0) is 57.1 Å². The van der Waals surface area contributed by atoms with Crippen molar-refractivity contribution in [3.63, 3.8) is 0 Å². The van der Waals surface area contributed by atoms with Gasteiger partial charge in [0, 0.05) is 29.1 Å². The van der Waals surface area contributed by atoms with Crippen LogP contribution in [0.15, 0.2) is 76.0 Å². The molecule has 65 heavy (non-hydrogen) atoms. The van der Waals surface area contributed by atoms with E-state index in [1.165, 1.54) is 18.3 Å². The summed E-state index contributed by atoms with van der Waals surface area (Å²) in [6.07, 6.45) is -2.75. The normalized spacial score (nSPS) is 12.4. The molecule has 0 aliphatic heterocycles. The summed E-state index contributed by atoms with van der Waals surface area (Å²) in [5.74, 6) is -0.494. The summed E-state index contributed by atoms with van der Waals surface area (Å²) in [7, 11) is 0. The van der Waals surface area contributed by atoms with Crippen LogP contribution in [-0.4, -0.2) is 45.6 Å². The molecule has 1 N–H and O–H groups in total. The van der Waals surface area contributed by atoms with E-state index in [2.05, 4.69) is 31.2 Å². The van der Waals surface area contributed by atoms with Gasteiger partial charge >= 0.3 is 24.3 Å². The van der Waals surface area contributed by atoms with Gasteiger partial charge in [-0.15, -0.1) is 0 Å². The van der Waals surface area contributed by atoms with Crippen molar-refractivity contribution in [1.82, 2.24) is 15.3 Å². The lowest BCUT2D eigenvalue weighted by Gasteiger charge is -2.22. The van der Waals surface area contributed by atoms with Crippen molar-refractivity contribution in [2.45, 2.75) is 116 Å². The molecule has 0 aliphatic carbocycles. The second kappa shape index (κ2) is 24.0. The number of pyridine rings is 1. The summed E-state index contributed by atoms with van der Waals surface area (Å²) in [5, 5.41) is 16.5. The Morgan fingerprint density at radius 3 is 1.68 bits per heavy atom. The molecule has 3 aromatic carbocycles. The number of hydrogen-bond acceptors (Lipinski definition) is 11. The number of nitrogens with zero attached hydrogens (tertiary/aromatic N) is 3. The number of halogens is 7. The first-order chi connectivity index (χ1) is 31.0. The molecule has 0 radical (unpaired) electrons. The molecule has 6 rings (SSSR count). The number of aromatic hydroxyl groups is 1. The largest absolute Gasteiger partial charge is 0.507 e. The molecule has 352 valence electrons. The van der Waals surface area contributed by atoms with Crippen molar-refractivity contribution in [3.05, 3.63) is 112 Å². The summed E-state index contributed by atoms with van der Waals surface area (Å²) in [5.41, 5.74) is 1.29. The van der Waals surface area contributed by atoms with Gasteiger partial charge in [0.1, 0.15) is 16.3 Å². The van der Waals surface area contributed by atoms with Gasteiger partial charge in [0.05, 0.1) is 24.0 Å². The molecule has 0 fully saturated rings. The highest BCUT2D eigenvalue weighted by Gasteiger charge is 2.40. The molecule has 0 aliphatic rings. The minimum atomic E-state index is -4.65. The smallest absolute Gasteiger partial charge is 0.437 e. The predicted octanol–water partition coefficient (Wildman–Crippen LogP) is 13.0. The number of hydrogen-bond donors (Lipinski definition) is 1. The molecule has 0 amide bonds. The van der Waals surface area contributed by atoms with Gasteiger partial charge in [0.2, 0.25) is 6.10 Å². The van der Waals surface area contributed by atoms with Gasteiger partial charge in [-0.2, -0.15) is 26.3 Å². The highest BCUT2D eigenvalue weighted by Crippen LogP contribution is 2.43. The number of carbonyl (C=O) groups is 2. The Kier molecular flexibility index (Phi) is 19.2. The number of phenols is 1. The molecule has 3 aromatic heterocycles. The summed E-state index contributed by atoms with van der Waals surface area (Å²) < 4.78 is 105. The van der Waals surface area contributed by atoms with Crippen molar-refractivity contribution in [2.75, 3.05) is 13.2 Å². The number of aromatic nitrogens is 3. The van der Waals surface area contributed by atoms with E-state index in [-0.39, 0.29) is 45.1 Å². The Bertz CT molecular complexity index is 2460. The highest BCUT2D eigenvalue weighted by atomic mass is 79.9. The van der Waals surface area contributed by atoms with Crippen molar-refractivity contribution in [2.24, 2.45) is 0 Å². The number of phenolic OH excluding ortho intramolecular Hbond substituents is 1. The number of benzene rings is 3. The Morgan fingerprint density at radius 2 is 1.17 bits per heavy atom. The van der Waals surface area contributed by atoms with E-state index < -0.39 is 35.8 Å². The molecule has 18 heteroatoms. The van der Waals surface area contributed by atoms with Gasteiger partial charge in [0.25, 0.3) is 0 Å². The number of esters is 2.